The Balaban J connectivity index is 2.31. The molecule has 0 amide bonds. The van der Waals surface area contributed by atoms with Crippen LogP contribution in [0.1, 0.15) is 18.2 Å². The number of thiophene rings is 1. The van der Waals surface area contributed by atoms with Crippen LogP contribution in [0.25, 0.3) is 0 Å². The number of hydrogen-bond donors (Lipinski definition) is 1. The summed E-state index contributed by atoms with van der Waals surface area (Å²) < 4.78 is 0. The Morgan fingerprint density at radius 2 is 2.36 bits per heavy atom. The van der Waals surface area contributed by atoms with E-state index in [0.717, 1.165) is 24.8 Å². The summed E-state index contributed by atoms with van der Waals surface area (Å²) in [6.07, 6.45) is 1.22. The molecular formula is C11H19NS2. The lowest BCUT2D eigenvalue weighted by atomic mass is 10.1. The van der Waals surface area contributed by atoms with Crippen LogP contribution in [0.5, 0.6) is 0 Å². The number of rotatable bonds is 6. The molecule has 0 aliphatic carbocycles. The summed E-state index contributed by atoms with van der Waals surface area (Å²) in [5, 5.41) is 2.14. The first-order valence-electron chi connectivity index (χ1n) is 5.08. The van der Waals surface area contributed by atoms with Crippen LogP contribution in [0.4, 0.5) is 0 Å². The van der Waals surface area contributed by atoms with Crippen molar-refractivity contribution in [3.05, 3.63) is 22.4 Å². The summed E-state index contributed by atoms with van der Waals surface area (Å²) in [4.78, 5) is 3.83. The average Bonchev–Trinajstić information content (AvgIpc) is 2.66. The van der Waals surface area contributed by atoms with Crippen LogP contribution in [-0.2, 0) is 6.54 Å². The maximum atomic E-state index is 4.36. The molecule has 1 unspecified atom stereocenters. The van der Waals surface area contributed by atoms with Crippen LogP contribution < -0.4 is 0 Å². The standard InChI is InChI=1S/C11H19NS2/c1-3-10(9-13)7-12(2)8-11-5-4-6-14-11/h4-6,10,13H,3,7-9H2,1-2H3. The Hall–Kier alpha value is 0.01000. The maximum Gasteiger partial charge on any atom is 0.0324 e. The van der Waals surface area contributed by atoms with E-state index in [-0.39, 0.29) is 0 Å². The number of nitrogens with zero attached hydrogens (tertiary/aromatic N) is 1. The van der Waals surface area contributed by atoms with Gasteiger partial charge in [-0.05, 0) is 30.2 Å². The Morgan fingerprint density at radius 1 is 1.57 bits per heavy atom. The topological polar surface area (TPSA) is 3.24 Å². The lowest BCUT2D eigenvalue weighted by molar-refractivity contribution is 0.280. The zero-order valence-electron chi connectivity index (χ0n) is 8.94. The highest BCUT2D eigenvalue weighted by molar-refractivity contribution is 7.80. The molecule has 0 aliphatic rings. The van der Waals surface area contributed by atoms with Gasteiger partial charge in [-0.3, -0.25) is 0 Å². The van der Waals surface area contributed by atoms with Gasteiger partial charge in [0.15, 0.2) is 0 Å². The van der Waals surface area contributed by atoms with E-state index in [1.807, 2.05) is 11.3 Å². The molecule has 1 nitrogen and oxygen atoms in total. The summed E-state index contributed by atoms with van der Waals surface area (Å²) in [5.41, 5.74) is 0. The van der Waals surface area contributed by atoms with E-state index in [0.29, 0.717) is 0 Å². The first kappa shape index (κ1) is 12.1. The molecule has 0 spiro atoms. The molecule has 0 saturated heterocycles. The van der Waals surface area contributed by atoms with Crippen molar-refractivity contribution in [3.63, 3.8) is 0 Å². The van der Waals surface area contributed by atoms with Gasteiger partial charge in [0.05, 0.1) is 0 Å². The molecule has 0 radical (unpaired) electrons. The third-order valence-corrected chi connectivity index (χ3v) is 3.79. The van der Waals surface area contributed by atoms with Crippen molar-refractivity contribution in [2.24, 2.45) is 5.92 Å². The molecule has 0 fully saturated rings. The Kier molecular flexibility index (Phi) is 5.60. The second-order valence-corrected chi connectivity index (χ2v) is 5.13. The zero-order valence-corrected chi connectivity index (χ0v) is 10.7. The van der Waals surface area contributed by atoms with Crippen molar-refractivity contribution in [1.29, 1.82) is 0 Å². The van der Waals surface area contributed by atoms with Gasteiger partial charge in [-0.15, -0.1) is 11.3 Å². The van der Waals surface area contributed by atoms with E-state index in [1.165, 1.54) is 11.3 Å². The second-order valence-electron chi connectivity index (χ2n) is 3.73. The number of hydrogen-bond acceptors (Lipinski definition) is 3. The van der Waals surface area contributed by atoms with Gasteiger partial charge >= 0.3 is 0 Å². The van der Waals surface area contributed by atoms with E-state index >= 15 is 0 Å². The lowest BCUT2D eigenvalue weighted by Crippen LogP contribution is -2.25. The Morgan fingerprint density at radius 3 is 2.86 bits per heavy atom. The molecule has 1 rings (SSSR count). The van der Waals surface area contributed by atoms with Crippen molar-refractivity contribution in [3.8, 4) is 0 Å². The van der Waals surface area contributed by atoms with Gasteiger partial charge in [0.2, 0.25) is 0 Å². The van der Waals surface area contributed by atoms with Crippen molar-refractivity contribution in [2.45, 2.75) is 19.9 Å². The fraction of sp³-hybridized carbons (Fsp3) is 0.636. The molecule has 0 N–H and O–H groups in total. The summed E-state index contributed by atoms with van der Waals surface area (Å²) >= 11 is 6.19. The maximum absolute atomic E-state index is 4.36. The van der Waals surface area contributed by atoms with E-state index in [4.69, 9.17) is 0 Å². The minimum absolute atomic E-state index is 0.725. The van der Waals surface area contributed by atoms with E-state index in [1.54, 1.807) is 0 Å². The van der Waals surface area contributed by atoms with Gasteiger partial charge < -0.3 is 4.90 Å². The predicted octanol–water partition coefficient (Wildman–Crippen LogP) is 3.14. The molecule has 80 valence electrons. The van der Waals surface area contributed by atoms with Crippen molar-refractivity contribution < 1.29 is 0 Å². The summed E-state index contributed by atoms with van der Waals surface area (Å²) in [5.74, 6) is 1.72. The lowest BCUT2D eigenvalue weighted by Gasteiger charge is -2.21. The molecule has 0 aliphatic heterocycles. The molecule has 3 heteroatoms. The van der Waals surface area contributed by atoms with Gasteiger partial charge in [-0.25, -0.2) is 0 Å². The molecule has 0 bridgehead atoms. The van der Waals surface area contributed by atoms with Crippen LogP contribution in [0.3, 0.4) is 0 Å². The number of thiol groups is 1. The third kappa shape index (κ3) is 4.03. The van der Waals surface area contributed by atoms with Crippen LogP contribution in [0.15, 0.2) is 17.5 Å². The Labute approximate surface area is 96.5 Å². The van der Waals surface area contributed by atoms with Gasteiger partial charge in [-0.1, -0.05) is 19.4 Å². The molecule has 1 atom stereocenters. The van der Waals surface area contributed by atoms with Crippen LogP contribution >= 0.6 is 24.0 Å². The van der Waals surface area contributed by atoms with Crippen molar-refractivity contribution >= 4 is 24.0 Å². The quantitative estimate of drug-likeness (QED) is 0.734. The molecule has 0 aromatic carbocycles. The van der Waals surface area contributed by atoms with Gasteiger partial charge in [0, 0.05) is 18.0 Å². The summed E-state index contributed by atoms with van der Waals surface area (Å²) in [6.45, 7) is 4.46. The molecule has 1 aromatic heterocycles. The highest BCUT2D eigenvalue weighted by atomic mass is 32.1. The fourth-order valence-corrected chi connectivity index (χ4v) is 2.65. The minimum Gasteiger partial charge on any atom is -0.301 e. The monoisotopic (exact) mass is 229 g/mol. The highest BCUT2D eigenvalue weighted by Gasteiger charge is 2.08. The first-order chi connectivity index (χ1) is 6.76. The van der Waals surface area contributed by atoms with Gasteiger partial charge in [-0.2, -0.15) is 12.6 Å². The molecule has 1 heterocycles. The normalized spacial score (nSPS) is 13.4. The van der Waals surface area contributed by atoms with E-state index in [9.17, 15) is 0 Å². The van der Waals surface area contributed by atoms with Crippen LogP contribution in [-0.4, -0.2) is 24.2 Å². The SMILES string of the molecule is CCC(CS)CN(C)Cc1cccs1. The summed E-state index contributed by atoms with van der Waals surface area (Å²) in [7, 11) is 2.19. The average molecular weight is 229 g/mol. The van der Waals surface area contributed by atoms with E-state index < -0.39 is 0 Å². The molecule has 1 aromatic rings. The molecule has 14 heavy (non-hydrogen) atoms. The third-order valence-electron chi connectivity index (χ3n) is 2.41. The summed E-state index contributed by atoms with van der Waals surface area (Å²) in [6, 6.07) is 4.31. The van der Waals surface area contributed by atoms with Crippen LogP contribution in [0, 0.1) is 5.92 Å². The molecular weight excluding hydrogens is 210 g/mol. The zero-order chi connectivity index (χ0) is 10.4. The van der Waals surface area contributed by atoms with Gasteiger partial charge in [0.1, 0.15) is 0 Å². The largest absolute Gasteiger partial charge is 0.301 e. The molecule has 0 saturated carbocycles. The minimum atomic E-state index is 0.725. The predicted molar refractivity (Wildman–Crippen MR) is 68.3 cm³/mol. The Bertz CT molecular complexity index is 229. The van der Waals surface area contributed by atoms with Gasteiger partial charge in [0.25, 0.3) is 0 Å². The first-order valence-corrected chi connectivity index (χ1v) is 6.59. The fourth-order valence-electron chi connectivity index (χ4n) is 1.49. The van der Waals surface area contributed by atoms with Crippen LogP contribution in [0.2, 0.25) is 0 Å². The van der Waals surface area contributed by atoms with E-state index in [2.05, 4.69) is 49.0 Å². The highest BCUT2D eigenvalue weighted by Crippen LogP contribution is 2.13. The van der Waals surface area contributed by atoms with Crippen molar-refractivity contribution in [2.75, 3.05) is 19.3 Å². The van der Waals surface area contributed by atoms with Crippen molar-refractivity contribution in [1.82, 2.24) is 4.90 Å². The smallest absolute Gasteiger partial charge is 0.0324 e. The second kappa shape index (κ2) is 6.49.